The van der Waals surface area contributed by atoms with Crippen LogP contribution in [0.15, 0.2) is 42.5 Å². The smallest absolute Gasteiger partial charge is 0.271 e. The molecule has 0 saturated heterocycles. The number of benzene rings is 2. The highest BCUT2D eigenvalue weighted by atomic mass is 32.2. The van der Waals surface area contributed by atoms with E-state index in [2.05, 4.69) is 5.32 Å². The molecular formula is C17H18N2O5S. The van der Waals surface area contributed by atoms with Crippen LogP contribution in [0, 0.1) is 10.1 Å². The molecule has 0 atom stereocenters. The minimum Gasteiger partial charge on any atom is -0.497 e. The zero-order valence-electron chi connectivity index (χ0n) is 13.9. The van der Waals surface area contributed by atoms with Gasteiger partial charge in [-0.1, -0.05) is 12.1 Å². The Labute approximate surface area is 149 Å². The van der Waals surface area contributed by atoms with E-state index >= 15 is 0 Å². The highest BCUT2D eigenvalue weighted by Crippen LogP contribution is 2.29. The zero-order valence-corrected chi connectivity index (χ0v) is 14.7. The maximum Gasteiger partial charge on any atom is 0.271 e. The average Bonchev–Trinajstić information content (AvgIpc) is 2.62. The molecule has 2 aromatic carbocycles. The van der Waals surface area contributed by atoms with Crippen LogP contribution in [0.3, 0.4) is 0 Å². The van der Waals surface area contributed by atoms with E-state index in [-0.39, 0.29) is 23.0 Å². The van der Waals surface area contributed by atoms with Crippen molar-refractivity contribution in [3.05, 3.63) is 58.1 Å². The highest BCUT2D eigenvalue weighted by Gasteiger charge is 2.13. The first kappa shape index (κ1) is 18.6. The summed E-state index contributed by atoms with van der Waals surface area (Å²) in [7, 11) is 3.05. The Kier molecular flexibility index (Phi) is 6.64. The summed E-state index contributed by atoms with van der Waals surface area (Å²) in [6.45, 7) is 0. The Morgan fingerprint density at radius 2 is 1.88 bits per heavy atom. The number of nitrogens with zero attached hydrogens (tertiary/aromatic N) is 1. The van der Waals surface area contributed by atoms with Crippen molar-refractivity contribution >= 4 is 29.0 Å². The Morgan fingerprint density at radius 3 is 2.48 bits per heavy atom. The standard InChI is InChI=1S/C17H18N2O5S/c1-23-14-6-3-12(4-7-14)10-25-11-17(20)18-15-9-13(19(21)22)5-8-16(15)24-2/h3-9H,10-11H2,1-2H3,(H,18,20). The number of non-ortho nitro benzene ring substituents is 1. The van der Waals surface area contributed by atoms with Gasteiger partial charge in [0.2, 0.25) is 5.91 Å². The van der Waals surface area contributed by atoms with Crippen molar-refractivity contribution in [3.8, 4) is 11.5 Å². The molecule has 0 saturated carbocycles. The topological polar surface area (TPSA) is 90.7 Å². The molecule has 0 aromatic heterocycles. The quantitative estimate of drug-likeness (QED) is 0.571. The third kappa shape index (κ3) is 5.39. The second-order valence-electron chi connectivity index (χ2n) is 5.03. The van der Waals surface area contributed by atoms with Crippen LogP contribution in [-0.4, -0.2) is 30.8 Å². The van der Waals surface area contributed by atoms with Crippen molar-refractivity contribution in [3.63, 3.8) is 0 Å². The number of carbonyl (C=O) groups is 1. The fraction of sp³-hybridized carbons (Fsp3) is 0.235. The first-order valence-corrected chi connectivity index (χ1v) is 8.52. The molecule has 0 spiro atoms. The van der Waals surface area contributed by atoms with Crippen molar-refractivity contribution in [1.29, 1.82) is 0 Å². The molecule has 1 N–H and O–H groups in total. The van der Waals surface area contributed by atoms with Gasteiger partial charge in [-0.25, -0.2) is 0 Å². The molecule has 0 aliphatic heterocycles. The minimum absolute atomic E-state index is 0.109. The molecule has 7 nitrogen and oxygen atoms in total. The van der Waals surface area contributed by atoms with Crippen molar-refractivity contribution in [1.82, 2.24) is 0 Å². The van der Waals surface area contributed by atoms with Crippen molar-refractivity contribution < 1.29 is 19.2 Å². The fourth-order valence-corrected chi connectivity index (χ4v) is 2.86. The van der Waals surface area contributed by atoms with E-state index in [9.17, 15) is 14.9 Å². The van der Waals surface area contributed by atoms with Gasteiger partial charge in [-0.15, -0.1) is 11.8 Å². The number of nitrogens with one attached hydrogen (secondary N) is 1. The summed E-state index contributed by atoms with van der Waals surface area (Å²) in [6.07, 6.45) is 0. The Bertz CT molecular complexity index is 749. The lowest BCUT2D eigenvalue weighted by atomic mass is 10.2. The molecule has 2 aromatic rings. The third-order valence-electron chi connectivity index (χ3n) is 3.33. The van der Waals surface area contributed by atoms with Gasteiger partial charge in [-0.3, -0.25) is 14.9 Å². The summed E-state index contributed by atoms with van der Waals surface area (Å²) in [5.74, 6) is 1.79. The fourth-order valence-electron chi connectivity index (χ4n) is 2.08. The van der Waals surface area contributed by atoms with Gasteiger partial charge < -0.3 is 14.8 Å². The minimum atomic E-state index is -0.520. The normalized spacial score (nSPS) is 10.2. The number of hydrogen-bond donors (Lipinski definition) is 1. The lowest BCUT2D eigenvalue weighted by Crippen LogP contribution is -2.15. The molecule has 0 bridgehead atoms. The molecule has 25 heavy (non-hydrogen) atoms. The van der Waals surface area contributed by atoms with Crippen LogP contribution < -0.4 is 14.8 Å². The van der Waals surface area contributed by atoms with E-state index in [4.69, 9.17) is 9.47 Å². The summed E-state index contributed by atoms with van der Waals surface area (Å²) in [5.41, 5.74) is 1.25. The van der Waals surface area contributed by atoms with Gasteiger partial charge in [0.15, 0.2) is 0 Å². The van der Waals surface area contributed by atoms with Crippen LogP contribution in [0.4, 0.5) is 11.4 Å². The van der Waals surface area contributed by atoms with E-state index in [1.54, 1.807) is 7.11 Å². The molecule has 0 unspecified atom stereocenters. The van der Waals surface area contributed by atoms with Crippen molar-refractivity contribution in [2.24, 2.45) is 0 Å². The summed E-state index contributed by atoms with van der Waals surface area (Å²) >= 11 is 1.44. The van der Waals surface area contributed by atoms with Crippen LogP contribution in [0.25, 0.3) is 0 Å². The molecule has 0 fully saturated rings. The SMILES string of the molecule is COc1ccc(CSCC(=O)Nc2cc([N+](=O)[O-])ccc2OC)cc1. The predicted molar refractivity (Wildman–Crippen MR) is 97.4 cm³/mol. The molecule has 0 radical (unpaired) electrons. The average molecular weight is 362 g/mol. The monoisotopic (exact) mass is 362 g/mol. The first-order chi connectivity index (χ1) is 12.0. The number of carbonyl (C=O) groups excluding carboxylic acids is 1. The molecule has 0 heterocycles. The number of nitro benzene ring substituents is 1. The van der Waals surface area contributed by atoms with Crippen LogP contribution in [0.2, 0.25) is 0 Å². The van der Waals surface area contributed by atoms with E-state index in [1.807, 2.05) is 24.3 Å². The summed E-state index contributed by atoms with van der Waals surface area (Å²) in [4.78, 5) is 22.4. The van der Waals surface area contributed by atoms with Gasteiger partial charge in [-0.05, 0) is 23.8 Å². The van der Waals surface area contributed by atoms with E-state index in [0.717, 1.165) is 11.3 Å². The number of anilines is 1. The van der Waals surface area contributed by atoms with Crippen LogP contribution in [0.5, 0.6) is 11.5 Å². The van der Waals surface area contributed by atoms with Crippen molar-refractivity contribution in [2.75, 3.05) is 25.3 Å². The Morgan fingerprint density at radius 1 is 1.16 bits per heavy atom. The number of hydrogen-bond acceptors (Lipinski definition) is 6. The molecule has 8 heteroatoms. The largest absolute Gasteiger partial charge is 0.497 e. The molecule has 0 aliphatic rings. The maximum atomic E-state index is 12.1. The Hall–Kier alpha value is -2.74. The van der Waals surface area contributed by atoms with E-state index < -0.39 is 4.92 Å². The summed E-state index contributed by atoms with van der Waals surface area (Å²) in [6, 6.07) is 11.7. The van der Waals surface area contributed by atoms with Gasteiger partial charge in [0.1, 0.15) is 11.5 Å². The number of amides is 1. The van der Waals surface area contributed by atoms with Crippen LogP contribution in [0.1, 0.15) is 5.56 Å². The second kappa shape index (κ2) is 8.93. The van der Waals surface area contributed by atoms with E-state index in [1.165, 1.54) is 37.1 Å². The van der Waals surface area contributed by atoms with Crippen LogP contribution >= 0.6 is 11.8 Å². The number of nitro groups is 1. The second-order valence-corrected chi connectivity index (χ2v) is 6.02. The molecule has 1 amide bonds. The number of ether oxygens (including phenoxy) is 2. The van der Waals surface area contributed by atoms with Gasteiger partial charge in [0.25, 0.3) is 5.69 Å². The Balaban J connectivity index is 1.91. The molecular weight excluding hydrogens is 344 g/mol. The van der Waals surface area contributed by atoms with Gasteiger partial charge in [0, 0.05) is 17.9 Å². The molecule has 132 valence electrons. The lowest BCUT2D eigenvalue weighted by Gasteiger charge is -2.10. The molecule has 0 aliphatic carbocycles. The maximum absolute atomic E-state index is 12.1. The zero-order chi connectivity index (χ0) is 18.2. The first-order valence-electron chi connectivity index (χ1n) is 7.36. The highest BCUT2D eigenvalue weighted by molar-refractivity contribution is 7.99. The van der Waals surface area contributed by atoms with Gasteiger partial charge in [-0.2, -0.15) is 0 Å². The van der Waals surface area contributed by atoms with Gasteiger partial charge >= 0.3 is 0 Å². The van der Waals surface area contributed by atoms with Crippen LogP contribution in [-0.2, 0) is 10.5 Å². The van der Waals surface area contributed by atoms with Crippen molar-refractivity contribution in [2.45, 2.75) is 5.75 Å². The third-order valence-corrected chi connectivity index (χ3v) is 4.33. The van der Waals surface area contributed by atoms with E-state index in [0.29, 0.717) is 11.5 Å². The predicted octanol–water partition coefficient (Wildman–Crippen LogP) is 3.48. The number of thioether (sulfide) groups is 1. The summed E-state index contributed by atoms with van der Waals surface area (Å²) < 4.78 is 10.2. The number of rotatable bonds is 8. The number of methoxy groups -OCH3 is 2. The van der Waals surface area contributed by atoms with Gasteiger partial charge in [0.05, 0.1) is 30.6 Å². The molecule has 2 rings (SSSR count). The summed E-state index contributed by atoms with van der Waals surface area (Å²) in [5, 5.41) is 13.5. The lowest BCUT2D eigenvalue weighted by molar-refractivity contribution is -0.384.